The highest BCUT2D eigenvalue weighted by atomic mass is 19.4. The predicted octanol–water partition coefficient (Wildman–Crippen LogP) is 5.44. The monoisotopic (exact) mass is 370 g/mol. The maximum Gasteiger partial charge on any atom is 0.416 e. The summed E-state index contributed by atoms with van der Waals surface area (Å²) >= 11 is 0. The highest BCUT2D eigenvalue weighted by Gasteiger charge is 2.30. The lowest BCUT2D eigenvalue weighted by Crippen LogP contribution is -2.04. The van der Waals surface area contributed by atoms with Crippen molar-refractivity contribution in [1.29, 1.82) is 5.26 Å². The summed E-state index contributed by atoms with van der Waals surface area (Å²) in [7, 11) is 1.54. The van der Waals surface area contributed by atoms with Gasteiger partial charge in [0.15, 0.2) is 0 Å². The normalized spacial score (nSPS) is 10.9. The molecule has 2 aromatic carbocycles. The molecule has 0 N–H and O–H groups in total. The quantitative estimate of drug-likeness (QED) is 0.614. The van der Waals surface area contributed by atoms with Crippen LogP contribution in [0.15, 0.2) is 60.8 Å². The highest BCUT2D eigenvalue weighted by Crippen LogP contribution is 2.33. The van der Waals surface area contributed by atoms with E-state index in [2.05, 4.69) is 4.98 Å². The summed E-state index contributed by atoms with van der Waals surface area (Å²) in [5.41, 5.74) is 0.0438. The lowest BCUT2D eigenvalue weighted by atomic mass is 10.0. The van der Waals surface area contributed by atoms with Crippen LogP contribution in [0.3, 0.4) is 0 Å². The number of rotatable bonds is 4. The number of hydrogen-bond acceptors (Lipinski definition) is 4. The highest BCUT2D eigenvalue weighted by molar-refractivity contribution is 5.66. The molecule has 136 valence electrons. The molecule has 0 radical (unpaired) electrons. The van der Waals surface area contributed by atoms with Crippen LogP contribution in [-0.4, -0.2) is 12.1 Å². The first kappa shape index (κ1) is 18.3. The zero-order valence-electron chi connectivity index (χ0n) is 14.1. The number of ether oxygens (including phenoxy) is 2. The number of pyridine rings is 1. The molecule has 0 bridgehead atoms. The third-order valence-electron chi connectivity index (χ3n) is 3.77. The third-order valence-corrected chi connectivity index (χ3v) is 3.77. The van der Waals surface area contributed by atoms with Crippen molar-refractivity contribution in [3.05, 3.63) is 71.9 Å². The molecule has 0 unspecified atom stereocenters. The Morgan fingerprint density at radius 2 is 1.67 bits per heavy atom. The zero-order chi connectivity index (χ0) is 19.4. The minimum absolute atomic E-state index is 0.0680. The molecule has 3 aromatic rings. The second-order valence-corrected chi connectivity index (χ2v) is 5.54. The number of nitriles is 1. The van der Waals surface area contributed by atoms with Gasteiger partial charge in [-0.1, -0.05) is 12.1 Å². The van der Waals surface area contributed by atoms with Gasteiger partial charge in [0.1, 0.15) is 23.1 Å². The van der Waals surface area contributed by atoms with Crippen LogP contribution in [0.25, 0.3) is 11.1 Å². The molecular formula is C20H13F3N2O2. The first-order valence-corrected chi connectivity index (χ1v) is 7.80. The van der Waals surface area contributed by atoms with Gasteiger partial charge in [-0.05, 0) is 48.0 Å². The van der Waals surface area contributed by atoms with Crippen molar-refractivity contribution in [1.82, 2.24) is 4.98 Å². The Kier molecular flexibility index (Phi) is 4.99. The van der Waals surface area contributed by atoms with Crippen molar-refractivity contribution < 1.29 is 22.6 Å². The van der Waals surface area contributed by atoms with Crippen LogP contribution >= 0.6 is 0 Å². The standard InChI is InChI=1S/C20H13F3N2O2/c1-26-17-5-7-18(8-6-17)27-19-14(11-24)9-15(12-25-19)13-3-2-4-16(10-13)20(21,22)23/h2-10,12H,1H3. The molecule has 4 nitrogen and oxygen atoms in total. The summed E-state index contributed by atoms with van der Waals surface area (Å²) in [6.07, 6.45) is -3.08. The van der Waals surface area contributed by atoms with Crippen molar-refractivity contribution >= 4 is 0 Å². The van der Waals surface area contributed by atoms with Crippen LogP contribution in [-0.2, 0) is 6.18 Å². The number of alkyl halides is 3. The average molecular weight is 370 g/mol. The molecule has 0 saturated heterocycles. The summed E-state index contributed by atoms with van der Waals surface area (Å²) < 4.78 is 49.3. The first-order chi connectivity index (χ1) is 12.9. The summed E-state index contributed by atoms with van der Waals surface area (Å²) in [5.74, 6) is 1.17. The van der Waals surface area contributed by atoms with E-state index in [0.29, 0.717) is 22.6 Å². The van der Waals surface area contributed by atoms with Crippen molar-refractivity contribution in [3.8, 4) is 34.6 Å². The molecule has 0 aliphatic heterocycles. The fraction of sp³-hybridized carbons (Fsp3) is 0.100. The Bertz CT molecular complexity index is 993. The summed E-state index contributed by atoms with van der Waals surface area (Å²) in [6.45, 7) is 0. The van der Waals surface area contributed by atoms with E-state index in [1.807, 2.05) is 6.07 Å². The molecule has 7 heteroatoms. The van der Waals surface area contributed by atoms with Crippen LogP contribution in [0.1, 0.15) is 11.1 Å². The minimum atomic E-state index is -4.45. The van der Waals surface area contributed by atoms with Crippen molar-refractivity contribution in [2.75, 3.05) is 7.11 Å². The van der Waals surface area contributed by atoms with E-state index in [4.69, 9.17) is 9.47 Å². The lowest BCUT2D eigenvalue weighted by molar-refractivity contribution is -0.137. The van der Waals surface area contributed by atoms with E-state index < -0.39 is 11.7 Å². The number of aromatic nitrogens is 1. The van der Waals surface area contributed by atoms with Crippen molar-refractivity contribution in [3.63, 3.8) is 0 Å². The lowest BCUT2D eigenvalue weighted by Gasteiger charge is -2.11. The SMILES string of the molecule is COc1ccc(Oc2ncc(-c3cccc(C(F)(F)F)c3)cc2C#N)cc1. The number of nitrogens with zero attached hydrogens (tertiary/aromatic N) is 2. The molecule has 0 fully saturated rings. The molecule has 3 rings (SSSR count). The summed E-state index contributed by atoms with van der Waals surface area (Å²) in [5, 5.41) is 9.36. The van der Waals surface area contributed by atoms with Crippen LogP contribution < -0.4 is 9.47 Å². The molecule has 0 aliphatic rings. The van der Waals surface area contributed by atoms with Gasteiger partial charge in [0.2, 0.25) is 5.88 Å². The van der Waals surface area contributed by atoms with E-state index in [1.54, 1.807) is 24.3 Å². The van der Waals surface area contributed by atoms with Gasteiger partial charge in [-0.3, -0.25) is 0 Å². The second kappa shape index (κ2) is 7.38. The molecular weight excluding hydrogens is 357 g/mol. The maximum atomic E-state index is 12.9. The molecule has 27 heavy (non-hydrogen) atoms. The van der Waals surface area contributed by atoms with Crippen molar-refractivity contribution in [2.24, 2.45) is 0 Å². The van der Waals surface area contributed by atoms with Crippen molar-refractivity contribution in [2.45, 2.75) is 6.18 Å². The van der Waals surface area contributed by atoms with Gasteiger partial charge in [0, 0.05) is 11.8 Å². The smallest absolute Gasteiger partial charge is 0.416 e. The van der Waals surface area contributed by atoms with Gasteiger partial charge < -0.3 is 9.47 Å². The zero-order valence-corrected chi connectivity index (χ0v) is 14.1. The van der Waals surface area contributed by atoms with Crippen LogP contribution in [0.2, 0.25) is 0 Å². The fourth-order valence-corrected chi connectivity index (χ4v) is 2.40. The van der Waals surface area contributed by atoms with Crippen LogP contribution in [0.5, 0.6) is 17.4 Å². The van der Waals surface area contributed by atoms with E-state index >= 15 is 0 Å². The Balaban J connectivity index is 1.91. The Labute approximate surface area is 153 Å². The topological polar surface area (TPSA) is 55.1 Å². The molecule has 0 amide bonds. The van der Waals surface area contributed by atoms with Gasteiger partial charge in [-0.15, -0.1) is 0 Å². The fourth-order valence-electron chi connectivity index (χ4n) is 2.40. The average Bonchev–Trinajstić information content (AvgIpc) is 2.68. The molecule has 0 atom stereocenters. The number of hydrogen-bond donors (Lipinski definition) is 0. The van der Waals surface area contributed by atoms with Gasteiger partial charge >= 0.3 is 6.18 Å². The van der Waals surface area contributed by atoms with Gasteiger partial charge in [0.05, 0.1) is 12.7 Å². The molecule has 1 heterocycles. The molecule has 0 saturated carbocycles. The largest absolute Gasteiger partial charge is 0.497 e. The van der Waals surface area contributed by atoms with Gasteiger partial charge in [-0.2, -0.15) is 18.4 Å². The van der Waals surface area contributed by atoms with E-state index in [0.717, 1.165) is 12.1 Å². The number of methoxy groups -OCH3 is 1. The number of halogens is 3. The van der Waals surface area contributed by atoms with E-state index in [-0.39, 0.29) is 11.4 Å². The maximum absolute atomic E-state index is 12.9. The Morgan fingerprint density at radius 1 is 0.963 bits per heavy atom. The Morgan fingerprint density at radius 3 is 2.30 bits per heavy atom. The summed E-state index contributed by atoms with van der Waals surface area (Å²) in [4.78, 5) is 4.10. The predicted molar refractivity (Wildman–Crippen MR) is 92.5 cm³/mol. The minimum Gasteiger partial charge on any atom is -0.497 e. The molecule has 0 aliphatic carbocycles. The number of benzene rings is 2. The van der Waals surface area contributed by atoms with Gasteiger partial charge in [-0.25, -0.2) is 4.98 Å². The van der Waals surface area contributed by atoms with E-state index in [1.165, 1.54) is 31.5 Å². The first-order valence-electron chi connectivity index (χ1n) is 7.80. The molecule has 0 spiro atoms. The van der Waals surface area contributed by atoms with Crippen LogP contribution in [0.4, 0.5) is 13.2 Å². The Hall–Kier alpha value is -3.53. The summed E-state index contributed by atoms with van der Waals surface area (Å²) in [6, 6.07) is 14.9. The third kappa shape index (κ3) is 4.18. The van der Waals surface area contributed by atoms with E-state index in [9.17, 15) is 18.4 Å². The molecule has 1 aromatic heterocycles. The van der Waals surface area contributed by atoms with Gasteiger partial charge in [0.25, 0.3) is 0 Å². The second-order valence-electron chi connectivity index (χ2n) is 5.54. The van der Waals surface area contributed by atoms with Crippen LogP contribution in [0, 0.1) is 11.3 Å².